The first-order valence-corrected chi connectivity index (χ1v) is 10.2. The van der Waals surface area contributed by atoms with Crippen LogP contribution in [0.1, 0.15) is 18.9 Å². The summed E-state index contributed by atoms with van der Waals surface area (Å²) in [6.45, 7) is 4.19. The van der Waals surface area contributed by atoms with E-state index in [0.717, 1.165) is 11.8 Å². The Morgan fingerprint density at radius 3 is 2.24 bits per heavy atom. The smallest absolute Gasteiger partial charge is 0.409 e. The van der Waals surface area contributed by atoms with Gasteiger partial charge >= 0.3 is 6.09 Å². The molecule has 2 rings (SSSR count). The Hall–Kier alpha value is -2.09. The third-order valence-corrected chi connectivity index (χ3v) is 5.21. The van der Waals surface area contributed by atoms with Gasteiger partial charge in [0, 0.05) is 32.4 Å². The van der Waals surface area contributed by atoms with Crippen molar-refractivity contribution in [1.29, 1.82) is 0 Å². The summed E-state index contributed by atoms with van der Waals surface area (Å²) in [6.07, 6.45) is 1.73. The van der Waals surface area contributed by atoms with Gasteiger partial charge in [-0.25, -0.2) is 13.2 Å². The van der Waals surface area contributed by atoms with Crippen molar-refractivity contribution in [2.75, 3.05) is 39.0 Å². The van der Waals surface area contributed by atoms with Crippen molar-refractivity contribution < 1.29 is 22.7 Å². The van der Waals surface area contributed by atoms with Gasteiger partial charge in [-0.2, -0.15) is 0 Å². The molecule has 1 aliphatic rings. The molecule has 0 radical (unpaired) electrons. The molecule has 0 N–H and O–H groups in total. The maximum absolute atomic E-state index is 12.5. The zero-order valence-corrected chi connectivity index (χ0v) is 15.4. The molecule has 1 aliphatic heterocycles. The number of amides is 2. The molecule has 138 valence electrons. The van der Waals surface area contributed by atoms with E-state index >= 15 is 0 Å². The minimum atomic E-state index is -3.24. The highest BCUT2D eigenvalue weighted by Gasteiger charge is 2.22. The Kier molecular flexibility index (Phi) is 6.41. The zero-order chi connectivity index (χ0) is 18.4. The first kappa shape index (κ1) is 19.2. The third-order valence-electron chi connectivity index (χ3n) is 4.08. The van der Waals surface area contributed by atoms with E-state index in [9.17, 15) is 18.0 Å². The maximum atomic E-state index is 12.5. The van der Waals surface area contributed by atoms with Crippen LogP contribution >= 0.6 is 0 Å². The van der Waals surface area contributed by atoms with Gasteiger partial charge in [0.05, 0.1) is 17.9 Å². The average molecular weight is 368 g/mol. The van der Waals surface area contributed by atoms with Crippen molar-refractivity contribution in [3.05, 3.63) is 29.8 Å². The quantitative estimate of drug-likeness (QED) is 0.800. The van der Waals surface area contributed by atoms with E-state index in [2.05, 4.69) is 0 Å². The van der Waals surface area contributed by atoms with Crippen molar-refractivity contribution in [3.63, 3.8) is 0 Å². The molecule has 1 heterocycles. The molecule has 1 aromatic rings. The van der Waals surface area contributed by atoms with E-state index in [1.54, 1.807) is 28.9 Å². The lowest BCUT2D eigenvalue weighted by molar-refractivity contribution is -0.130. The Labute approximate surface area is 148 Å². The van der Waals surface area contributed by atoms with E-state index < -0.39 is 9.84 Å². The summed E-state index contributed by atoms with van der Waals surface area (Å²) >= 11 is 0. The predicted octanol–water partition coefficient (Wildman–Crippen LogP) is 1.32. The van der Waals surface area contributed by atoms with Crippen LogP contribution in [0, 0.1) is 0 Å². The number of hydrogen-bond donors (Lipinski definition) is 0. The van der Waals surface area contributed by atoms with Gasteiger partial charge in [-0.15, -0.1) is 0 Å². The Balaban J connectivity index is 1.93. The van der Waals surface area contributed by atoms with Crippen LogP contribution < -0.4 is 0 Å². The van der Waals surface area contributed by atoms with Gasteiger partial charge < -0.3 is 14.5 Å². The molecule has 0 saturated carbocycles. The highest BCUT2D eigenvalue weighted by Crippen LogP contribution is 2.13. The van der Waals surface area contributed by atoms with Crippen LogP contribution in [0.25, 0.3) is 0 Å². The summed E-state index contributed by atoms with van der Waals surface area (Å²) < 4.78 is 27.9. The first-order valence-electron chi connectivity index (χ1n) is 8.29. The summed E-state index contributed by atoms with van der Waals surface area (Å²) in [4.78, 5) is 27.9. The molecule has 1 saturated heterocycles. The lowest BCUT2D eigenvalue weighted by atomic mass is 10.1. The van der Waals surface area contributed by atoms with E-state index in [1.165, 1.54) is 12.1 Å². The molecule has 8 heteroatoms. The number of hydrogen-bond acceptors (Lipinski definition) is 5. The summed E-state index contributed by atoms with van der Waals surface area (Å²) in [5.74, 6) is -0.0298. The highest BCUT2D eigenvalue weighted by atomic mass is 32.2. The van der Waals surface area contributed by atoms with Gasteiger partial charge in [-0.05, 0) is 31.0 Å². The molecule has 25 heavy (non-hydrogen) atoms. The average Bonchev–Trinajstić information content (AvgIpc) is 2.81. The standard InChI is InChI=1S/C17H24N2O5S/c1-3-24-17(21)19-10-4-9-18(11-12-19)16(20)13-14-5-7-15(8-6-14)25(2,22)23/h5-8H,3-4,9-13H2,1-2H3. The Morgan fingerprint density at radius 2 is 1.64 bits per heavy atom. The molecular weight excluding hydrogens is 344 g/mol. The molecule has 7 nitrogen and oxygen atoms in total. The summed E-state index contributed by atoms with van der Waals surface area (Å²) in [7, 11) is -3.24. The van der Waals surface area contributed by atoms with Crippen molar-refractivity contribution >= 4 is 21.8 Å². The highest BCUT2D eigenvalue weighted by molar-refractivity contribution is 7.90. The number of nitrogens with zero attached hydrogens (tertiary/aromatic N) is 2. The first-order chi connectivity index (χ1) is 11.8. The molecule has 0 aromatic heterocycles. The van der Waals surface area contributed by atoms with Gasteiger partial charge in [-0.3, -0.25) is 4.79 Å². The molecule has 0 spiro atoms. The van der Waals surface area contributed by atoms with E-state index in [0.29, 0.717) is 39.2 Å². The Morgan fingerprint density at radius 1 is 1.04 bits per heavy atom. The van der Waals surface area contributed by atoms with E-state index in [1.807, 2.05) is 0 Å². The SMILES string of the molecule is CCOC(=O)N1CCCN(C(=O)Cc2ccc(S(C)(=O)=O)cc2)CC1. The summed E-state index contributed by atoms with van der Waals surface area (Å²) in [5, 5.41) is 0. The minimum absolute atomic E-state index is 0.0298. The Bertz CT molecular complexity index is 715. The number of carbonyl (C=O) groups excluding carboxylic acids is 2. The lowest BCUT2D eigenvalue weighted by Crippen LogP contribution is -2.38. The number of ether oxygens (including phenoxy) is 1. The predicted molar refractivity (Wildman–Crippen MR) is 93.0 cm³/mol. The maximum Gasteiger partial charge on any atom is 0.409 e. The number of carbonyl (C=O) groups is 2. The van der Waals surface area contributed by atoms with Gasteiger partial charge in [0.2, 0.25) is 5.91 Å². The fourth-order valence-electron chi connectivity index (χ4n) is 2.71. The topological polar surface area (TPSA) is 84.0 Å². The normalized spacial score (nSPS) is 15.6. The van der Waals surface area contributed by atoms with Crippen LogP contribution in [0.4, 0.5) is 4.79 Å². The number of benzene rings is 1. The van der Waals surface area contributed by atoms with Crippen molar-refractivity contribution in [3.8, 4) is 0 Å². The van der Waals surface area contributed by atoms with Crippen LogP contribution in [0.2, 0.25) is 0 Å². The molecule has 0 aliphatic carbocycles. The molecule has 1 aromatic carbocycles. The largest absolute Gasteiger partial charge is 0.450 e. The zero-order valence-electron chi connectivity index (χ0n) is 14.6. The molecule has 2 amide bonds. The van der Waals surface area contributed by atoms with Crippen LogP contribution in [0.15, 0.2) is 29.2 Å². The van der Waals surface area contributed by atoms with Crippen molar-refractivity contribution in [2.45, 2.75) is 24.7 Å². The fraction of sp³-hybridized carbons (Fsp3) is 0.529. The lowest BCUT2D eigenvalue weighted by Gasteiger charge is -2.21. The van der Waals surface area contributed by atoms with Crippen LogP contribution in [0.5, 0.6) is 0 Å². The van der Waals surface area contributed by atoms with Crippen LogP contribution in [-0.4, -0.2) is 69.3 Å². The van der Waals surface area contributed by atoms with Gasteiger partial charge in [0.25, 0.3) is 0 Å². The molecule has 1 fully saturated rings. The van der Waals surface area contributed by atoms with Crippen molar-refractivity contribution in [1.82, 2.24) is 9.80 Å². The van der Waals surface area contributed by atoms with Gasteiger partial charge in [0.1, 0.15) is 0 Å². The van der Waals surface area contributed by atoms with Crippen molar-refractivity contribution in [2.24, 2.45) is 0 Å². The molecule has 0 bridgehead atoms. The van der Waals surface area contributed by atoms with E-state index in [4.69, 9.17) is 4.74 Å². The minimum Gasteiger partial charge on any atom is -0.450 e. The second kappa shape index (κ2) is 8.33. The molecular formula is C17H24N2O5S. The van der Waals surface area contributed by atoms with Crippen LogP contribution in [0.3, 0.4) is 0 Å². The van der Waals surface area contributed by atoms with Crippen LogP contribution in [-0.2, 0) is 25.8 Å². The van der Waals surface area contributed by atoms with Gasteiger partial charge in [-0.1, -0.05) is 12.1 Å². The number of sulfone groups is 1. The summed E-state index contributed by atoms with van der Waals surface area (Å²) in [6, 6.07) is 6.36. The molecule has 0 unspecified atom stereocenters. The number of rotatable bonds is 4. The second-order valence-electron chi connectivity index (χ2n) is 6.01. The monoisotopic (exact) mass is 368 g/mol. The summed E-state index contributed by atoms with van der Waals surface area (Å²) in [5.41, 5.74) is 0.767. The molecule has 0 atom stereocenters. The second-order valence-corrected chi connectivity index (χ2v) is 8.03. The fourth-order valence-corrected chi connectivity index (χ4v) is 3.34. The van der Waals surface area contributed by atoms with Gasteiger partial charge in [0.15, 0.2) is 9.84 Å². The van der Waals surface area contributed by atoms with E-state index in [-0.39, 0.29) is 23.3 Å². The third kappa shape index (κ3) is 5.45.